The molecule has 0 aliphatic carbocycles. The highest BCUT2D eigenvalue weighted by Crippen LogP contribution is 2.12. The number of benzene rings is 1. The molecular weight excluding hydrogens is 280 g/mol. The van der Waals surface area contributed by atoms with Crippen molar-refractivity contribution in [1.29, 1.82) is 10.5 Å². The molecule has 0 saturated carbocycles. The second kappa shape index (κ2) is 8.35. The molecule has 0 radical (unpaired) electrons. The normalized spacial score (nSPS) is 17.4. The third-order valence-electron chi connectivity index (χ3n) is 3.65. The maximum Gasteiger partial charge on any atom is 0.119 e. The maximum absolute atomic E-state index is 10.0. The Morgan fingerprint density at radius 3 is 2.32 bits per heavy atom. The van der Waals surface area contributed by atoms with Crippen molar-refractivity contribution in [1.82, 2.24) is 9.80 Å². The number of piperazine rings is 1. The molecule has 116 valence electrons. The Morgan fingerprint density at radius 2 is 1.73 bits per heavy atom. The molecule has 1 aromatic rings. The molecule has 1 aliphatic heterocycles. The SMILES string of the molecule is N#CCN1CCN(CC(O)COc2ccc(C#N)cc2)CC1. The third kappa shape index (κ3) is 5.01. The molecule has 0 spiro atoms. The number of rotatable bonds is 6. The molecule has 1 fully saturated rings. The van der Waals surface area contributed by atoms with E-state index in [2.05, 4.69) is 21.9 Å². The Morgan fingerprint density at radius 1 is 1.09 bits per heavy atom. The molecule has 1 unspecified atom stereocenters. The van der Waals surface area contributed by atoms with Gasteiger partial charge in [0.05, 0.1) is 24.2 Å². The lowest BCUT2D eigenvalue weighted by Crippen LogP contribution is -2.49. The fourth-order valence-electron chi connectivity index (χ4n) is 2.40. The van der Waals surface area contributed by atoms with Crippen molar-refractivity contribution in [2.45, 2.75) is 6.10 Å². The Labute approximate surface area is 130 Å². The van der Waals surface area contributed by atoms with Gasteiger partial charge >= 0.3 is 0 Å². The molecule has 6 heteroatoms. The lowest BCUT2D eigenvalue weighted by atomic mass is 10.2. The summed E-state index contributed by atoms with van der Waals surface area (Å²) in [5.74, 6) is 0.650. The van der Waals surface area contributed by atoms with Crippen LogP contribution in [0, 0.1) is 22.7 Å². The molecule has 0 bridgehead atoms. The van der Waals surface area contributed by atoms with Crippen LogP contribution in [0.25, 0.3) is 0 Å². The molecular formula is C16H20N4O2. The van der Waals surface area contributed by atoms with Gasteiger partial charge in [0.1, 0.15) is 18.5 Å². The van der Waals surface area contributed by atoms with Crippen LogP contribution in [0.5, 0.6) is 5.75 Å². The minimum atomic E-state index is -0.557. The topological polar surface area (TPSA) is 83.5 Å². The summed E-state index contributed by atoms with van der Waals surface area (Å²) < 4.78 is 5.53. The first-order chi connectivity index (χ1) is 10.7. The summed E-state index contributed by atoms with van der Waals surface area (Å²) in [5.41, 5.74) is 0.586. The van der Waals surface area contributed by atoms with Crippen molar-refractivity contribution in [3.63, 3.8) is 0 Å². The van der Waals surface area contributed by atoms with Crippen LogP contribution in [-0.4, -0.2) is 66.9 Å². The number of hydrogen-bond donors (Lipinski definition) is 1. The van der Waals surface area contributed by atoms with E-state index < -0.39 is 6.10 Å². The number of β-amino-alcohol motifs (C(OH)–C–C–N with tert-alkyl or cyclic N) is 1. The van der Waals surface area contributed by atoms with Crippen LogP contribution in [0.1, 0.15) is 5.56 Å². The van der Waals surface area contributed by atoms with Crippen LogP contribution < -0.4 is 4.74 Å². The number of hydrogen-bond acceptors (Lipinski definition) is 6. The molecule has 1 aliphatic rings. The van der Waals surface area contributed by atoms with E-state index in [9.17, 15) is 5.11 Å². The van der Waals surface area contributed by atoms with E-state index in [-0.39, 0.29) is 6.61 Å². The van der Waals surface area contributed by atoms with E-state index in [1.165, 1.54) is 0 Å². The lowest BCUT2D eigenvalue weighted by molar-refractivity contribution is 0.0484. The van der Waals surface area contributed by atoms with Gasteiger partial charge in [-0.3, -0.25) is 9.80 Å². The smallest absolute Gasteiger partial charge is 0.119 e. The number of nitrogens with zero attached hydrogens (tertiary/aromatic N) is 4. The summed E-state index contributed by atoms with van der Waals surface area (Å²) >= 11 is 0. The number of nitriles is 2. The highest BCUT2D eigenvalue weighted by Gasteiger charge is 2.19. The fourth-order valence-corrected chi connectivity index (χ4v) is 2.40. The summed E-state index contributed by atoms with van der Waals surface area (Å²) in [6.45, 7) is 4.69. The van der Waals surface area contributed by atoms with Gasteiger partial charge in [-0.05, 0) is 24.3 Å². The fraction of sp³-hybridized carbons (Fsp3) is 0.500. The Kier molecular flexibility index (Phi) is 6.17. The van der Waals surface area contributed by atoms with E-state index in [0.29, 0.717) is 24.4 Å². The van der Waals surface area contributed by atoms with Gasteiger partial charge in [0.15, 0.2) is 0 Å². The number of ether oxygens (including phenoxy) is 1. The zero-order valence-corrected chi connectivity index (χ0v) is 12.5. The van der Waals surface area contributed by atoms with Crippen molar-refractivity contribution in [2.24, 2.45) is 0 Å². The van der Waals surface area contributed by atoms with Crippen molar-refractivity contribution in [3.05, 3.63) is 29.8 Å². The predicted molar refractivity (Wildman–Crippen MR) is 81.2 cm³/mol. The Hall–Kier alpha value is -2.12. The molecule has 1 heterocycles. The third-order valence-corrected chi connectivity index (χ3v) is 3.65. The van der Waals surface area contributed by atoms with Gasteiger partial charge in [-0.1, -0.05) is 0 Å². The van der Waals surface area contributed by atoms with Crippen LogP contribution in [0.3, 0.4) is 0 Å². The van der Waals surface area contributed by atoms with Gasteiger partial charge in [0.25, 0.3) is 0 Å². The highest BCUT2D eigenvalue weighted by atomic mass is 16.5. The average Bonchev–Trinajstić information content (AvgIpc) is 2.55. The van der Waals surface area contributed by atoms with E-state index >= 15 is 0 Å². The standard InChI is InChI=1S/C16H20N4O2/c17-5-6-19-7-9-20(10-8-19)12-15(21)13-22-16-3-1-14(11-18)2-4-16/h1-4,15,21H,6-10,12-13H2. The second-order valence-corrected chi connectivity index (χ2v) is 5.34. The van der Waals surface area contributed by atoms with E-state index in [1.807, 2.05) is 0 Å². The summed E-state index contributed by atoms with van der Waals surface area (Å²) in [6.07, 6.45) is -0.557. The first kappa shape index (κ1) is 16.3. The van der Waals surface area contributed by atoms with Gasteiger partial charge in [0.2, 0.25) is 0 Å². The summed E-state index contributed by atoms with van der Waals surface area (Å²) in [4.78, 5) is 4.29. The molecule has 6 nitrogen and oxygen atoms in total. The van der Waals surface area contributed by atoms with Gasteiger partial charge in [0, 0.05) is 32.7 Å². The summed E-state index contributed by atoms with van der Waals surface area (Å²) in [6, 6.07) is 11.0. The molecule has 1 aromatic carbocycles. The van der Waals surface area contributed by atoms with Gasteiger partial charge in [-0.25, -0.2) is 0 Å². The zero-order chi connectivity index (χ0) is 15.8. The van der Waals surface area contributed by atoms with Crippen molar-refractivity contribution >= 4 is 0 Å². The number of aliphatic hydroxyl groups excluding tert-OH is 1. The molecule has 0 aromatic heterocycles. The first-order valence-corrected chi connectivity index (χ1v) is 7.34. The van der Waals surface area contributed by atoms with Gasteiger partial charge in [-0.15, -0.1) is 0 Å². The monoisotopic (exact) mass is 300 g/mol. The first-order valence-electron chi connectivity index (χ1n) is 7.34. The lowest BCUT2D eigenvalue weighted by Gasteiger charge is -2.34. The van der Waals surface area contributed by atoms with Crippen molar-refractivity contribution in [3.8, 4) is 17.9 Å². The molecule has 1 saturated heterocycles. The second-order valence-electron chi connectivity index (χ2n) is 5.34. The molecule has 2 rings (SSSR count). The quantitative estimate of drug-likeness (QED) is 0.768. The van der Waals surface area contributed by atoms with Crippen LogP contribution in [0.4, 0.5) is 0 Å². The van der Waals surface area contributed by atoms with Gasteiger partial charge in [-0.2, -0.15) is 10.5 Å². The van der Waals surface area contributed by atoms with Crippen LogP contribution in [0.2, 0.25) is 0 Å². The summed E-state index contributed by atoms with van der Waals surface area (Å²) in [7, 11) is 0. The Bertz CT molecular complexity index is 539. The predicted octanol–water partition coefficient (Wildman–Crippen LogP) is 0.439. The molecule has 22 heavy (non-hydrogen) atoms. The van der Waals surface area contributed by atoms with E-state index in [1.54, 1.807) is 24.3 Å². The molecule has 1 atom stereocenters. The van der Waals surface area contributed by atoms with Crippen LogP contribution in [0.15, 0.2) is 24.3 Å². The highest BCUT2D eigenvalue weighted by molar-refractivity contribution is 5.34. The van der Waals surface area contributed by atoms with E-state index in [4.69, 9.17) is 15.3 Å². The van der Waals surface area contributed by atoms with Crippen LogP contribution >= 0.6 is 0 Å². The van der Waals surface area contributed by atoms with E-state index in [0.717, 1.165) is 26.2 Å². The van der Waals surface area contributed by atoms with Crippen molar-refractivity contribution in [2.75, 3.05) is 45.9 Å². The zero-order valence-electron chi connectivity index (χ0n) is 12.5. The molecule has 1 N–H and O–H groups in total. The largest absolute Gasteiger partial charge is 0.491 e. The summed E-state index contributed by atoms with van der Waals surface area (Å²) in [5, 5.41) is 27.4. The number of aliphatic hydroxyl groups is 1. The van der Waals surface area contributed by atoms with Crippen molar-refractivity contribution < 1.29 is 9.84 Å². The minimum Gasteiger partial charge on any atom is -0.491 e. The Balaban J connectivity index is 1.69. The van der Waals surface area contributed by atoms with Gasteiger partial charge < -0.3 is 9.84 Å². The molecule has 0 amide bonds. The van der Waals surface area contributed by atoms with Crippen LogP contribution in [-0.2, 0) is 0 Å². The average molecular weight is 300 g/mol. The minimum absolute atomic E-state index is 0.226. The maximum atomic E-state index is 10.0.